The maximum atomic E-state index is 5.47. The van der Waals surface area contributed by atoms with Crippen molar-refractivity contribution in [3.05, 3.63) is 58.6 Å². The average molecular weight is 329 g/mol. The summed E-state index contributed by atoms with van der Waals surface area (Å²) in [6, 6.07) is 15.4. The van der Waals surface area contributed by atoms with Gasteiger partial charge in [-0.15, -0.1) is 6.42 Å². The van der Waals surface area contributed by atoms with Crippen LogP contribution in [0.4, 0.5) is 5.69 Å². The van der Waals surface area contributed by atoms with Crippen molar-refractivity contribution in [3.8, 4) is 18.1 Å². The van der Waals surface area contributed by atoms with Gasteiger partial charge in [0.1, 0.15) is 12.4 Å². The van der Waals surface area contributed by atoms with Crippen molar-refractivity contribution in [3.63, 3.8) is 0 Å². The van der Waals surface area contributed by atoms with Crippen LogP contribution in [-0.4, -0.2) is 12.8 Å². The minimum Gasteiger partial charge on any atom is -0.480 e. The van der Waals surface area contributed by atoms with E-state index in [4.69, 9.17) is 11.2 Å². The second-order valence-electron chi connectivity index (χ2n) is 3.91. The summed E-state index contributed by atoms with van der Waals surface area (Å²) in [7, 11) is 0. The molecule has 0 aliphatic heterocycles. The molecule has 20 heavy (non-hydrogen) atoms. The number of nitrogens with zero attached hydrogens (tertiary/aromatic N) is 1. The number of ether oxygens (including phenoxy) is 1. The van der Waals surface area contributed by atoms with E-state index in [0.717, 1.165) is 15.7 Å². The number of benzene rings is 2. The SMILES string of the molecule is C#CCOc1ccc(Br)cc1/C=N\Nc1ccccc1. The first-order valence-corrected chi connectivity index (χ1v) is 6.79. The average Bonchev–Trinajstić information content (AvgIpc) is 2.47. The van der Waals surface area contributed by atoms with Gasteiger partial charge in [0.05, 0.1) is 11.9 Å². The lowest BCUT2D eigenvalue weighted by atomic mass is 10.2. The number of para-hydroxylation sites is 1. The van der Waals surface area contributed by atoms with E-state index in [0.29, 0.717) is 5.75 Å². The zero-order valence-electron chi connectivity index (χ0n) is 10.7. The molecule has 2 aromatic rings. The lowest BCUT2D eigenvalue weighted by molar-refractivity contribution is 0.370. The van der Waals surface area contributed by atoms with Crippen LogP contribution >= 0.6 is 15.9 Å². The van der Waals surface area contributed by atoms with Crippen LogP contribution in [0.3, 0.4) is 0 Å². The molecule has 3 nitrogen and oxygen atoms in total. The minimum absolute atomic E-state index is 0.231. The van der Waals surface area contributed by atoms with Crippen molar-refractivity contribution in [2.45, 2.75) is 0 Å². The van der Waals surface area contributed by atoms with Crippen molar-refractivity contribution in [1.29, 1.82) is 0 Å². The number of rotatable bonds is 5. The number of anilines is 1. The maximum Gasteiger partial charge on any atom is 0.148 e. The van der Waals surface area contributed by atoms with Crippen LogP contribution in [-0.2, 0) is 0 Å². The van der Waals surface area contributed by atoms with Gasteiger partial charge in [0.25, 0.3) is 0 Å². The van der Waals surface area contributed by atoms with E-state index >= 15 is 0 Å². The minimum atomic E-state index is 0.231. The molecule has 0 aliphatic carbocycles. The molecule has 0 fully saturated rings. The van der Waals surface area contributed by atoms with Gasteiger partial charge in [0, 0.05) is 10.0 Å². The standard InChI is InChI=1S/C16H13BrN2O/c1-2-10-20-16-9-8-14(17)11-13(16)12-18-19-15-6-4-3-5-7-15/h1,3-9,11-12,19H,10H2/b18-12-. The molecule has 0 saturated heterocycles. The molecule has 0 radical (unpaired) electrons. The molecule has 1 N–H and O–H groups in total. The highest BCUT2D eigenvalue weighted by atomic mass is 79.9. The van der Waals surface area contributed by atoms with Gasteiger partial charge in [-0.25, -0.2) is 0 Å². The zero-order valence-corrected chi connectivity index (χ0v) is 12.3. The third-order valence-electron chi connectivity index (χ3n) is 2.45. The highest BCUT2D eigenvalue weighted by Gasteiger charge is 2.02. The Hall–Kier alpha value is -2.25. The first-order valence-electron chi connectivity index (χ1n) is 5.99. The molecule has 0 aromatic heterocycles. The van der Waals surface area contributed by atoms with Crippen LogP contribution in [0, 0.1) is 12.3 Å². The number of hydrogen-bond acceptors (Lipinski definition) is 3. The van der Waals surface area contributed by atoms with Crippen molar-refractivity contribution >= 4 is 27.8 Å². The summed E-state index contributed by atoms with van der Waals surface area (Å²) in [6.45, 7) is 0.231. The second kappa shape index (κ2) is 7.37. The van der Waals surface area contributed by atoms with Crippen molar-refractivity contribution in [1.82, 2.24) is 0 Å². The Morgan fingerprint density at radius 3 is 2.80 bits per heavy atom. The Bertz CT molecular complexity index is 633. The van der Waals surface area contributed by atoms with Crippen LogP contribution in [0.15, 0.2) is 58.1 Å². The molecule has 2 aromatic carbocycles. The van der Waals surface area contributed by atoms with Gasteiger partial charge in [-0.2, -0.15) is 5.10 Å². The molecule has 4 heteroatoms. The normalized spacial score (nSPS) is 10.2. The van der Waals surface area contributed by atoms with E-state index in [9.17, 15) is 0 Å². The van der Waals surface area contributed by atoms with Gasteiger partial charge in [0.15, 0.2) is 0 Å². The summed E-state index contributed by atoms with van der Waals surface area (Å²) >= 11 is 3.42. The first-order chi connectivity index (χ1) is 9.79. The lowest BCUT2D eigenvalue weighted by Gasteiger charge is -2.06. The van der Waals surface area contributed by atoms with Crippen LogP contribution in [0.2, 0.25) is 0 Å². The van der Waals surface area contributed by atoms with Crippen LogP contribution in [0.1, 0.15) is 5.56 Å². The van der Waals surface area contributed by atoms with Crippen molar-refractivity contribution < 1.29 is 4.74 Å². The van der Waals surface area contributed by atoms with E-state index < -0.39 is 0 Å². The highest BCUT2D eigenvalue weighted by Crippen LogP contribution is 2.21. The predicted molar refractivity (Wildman–Crippen MR) is 86.1 cm³/mol. The van der Waals surface area contributed by atoms with E-state index in [1.54, 1.807) is 6.21 Å². The quantitative estimate of drug-likeness (QED) is 0.513. The summed E-state index contributed by atoms with van der Waals surface area (Å²) < 4.78 is 6.42. The molecule has 0 saturated carbocycles. The van der Waals surface area contributed by atoms with Crippen molar-refractivity contribution in [2.75, 3.05) is 12.0 Å². The van der Waals surface area contributed by atoms with Gasteiger partial charge < -0.3 is 4.74 Å². The Balaban J connectivity index is 2.11. The molecule has 0 atom stereocenters. The van der Waals surface area contributed by atoms with Crippen LogP contribution < -0.4 is 10.2 Å². The molecular formula is C16H13BrN2O. The molecular weight excluding hydrogens is 316 g/mol. The molecule has 2 rings (SSSR count). The number of nitrogens with one attached hydrogen (secondary N) is 1. The number of terminal acetylenes is 1. The molecule has 100 valence electrons. The Morgan fingerprint density at radius 1 is 1.25 bits per heavy atom. The topological polar surface area (TPSA) is 33.6 Å². The fourth-order valence-electron chi connectivity index (χ4n) is 1.56. The Labute approximate surface area is 126 Å². The van der Waals surface area contributed by atoms with Gasteiger partial charge in [-0.05, 0) is 30.3 Å². The van der Waals surface area contributed by atoms with E-state index in [-0.39, 0.29) is 6.61 Å². The molecule has 0 heterocycles. The monoisotopic (exact) mass is 328 g/mol. The third-order valence-corrected chi connectivity index (χ3v) is 2.95. The first kappa shape index (κ1) is 14.2. The van der Waals surface area contributed by atoms with E-state index in [1.807, 2.05) is 48.5 Å². The number of halogens is 1. The Morgan fingerprint density at radius 2 is 2.05 bits per heavy atom. The van der Waals surface area contributed by atoms with Crippen LogP contribution in [0.5, 0.6) is 5.75 Å². The predicted octanol–water partition coefficient (Wildman–Crippen LogP) is 3.91. The number of hydrazone groups is 1. The molecule has 0 unspecified atom stereocenters. The molecule has 0 amide bonds. The Kier molecular flexibility index (Phi) is 5.22. The molecule has 0 spiro atoms. The van der Waals surface area contributed by atoms with E-state index in [1.165, 1.54) is 0 Å². The fraction of sp³-hybridized carbons (Fsp3) is 0.0625. The smallest absolute Gasteiger partial charge is 0.148 e. The number of hydrogen-bond donors (Lipinski definition) is 1. The third kappa shape index (κ3) is 4.15. The van der Waals surface area contributed by atoms with Gasteiger partial charge >= 0.3 is 0 Å². The van der Waals surface area contributed by atoms with Gasteiger partial charge in [-0.3, -0.25) is 5.43 Å². The summed E-state index contributed by atoms with van der Waals surface area (Å²) in [4.78, 5) is 0. The molecule has 0 bridgehead atoms. The zero-order chi connectivity index (χ0) is 14.2. The largest absolute Gasteiger partial charge is 0.480 e. The summed E-state index contributed by atoms with van der Waals surface area (Å²) in [6.07, 6.45) is 6.90. The fourth-order valence-corrected chi connectivity index (χ4v) is 1.94. The maximum absolute atomic E-state index is 5.47. The molecule has 0 aliphatic rings. The second-order valence-corrected chi connectivity index (χ2v) is 4.83. The summed E-state index contributed by atoms with van der Waals surface area (Å²) in [5, 5.41) is 4.19. The van der Waals surface area contributed by atoms with Crippen molar-refractivity contribution in [2.24, 2.45) is 5.10 Å². The lowest BCUT2D eigenvalue weighted by Crippen LogP contribution is -1.98. The van der Waals surface area contributed by atoms with Crippen LogP contribution in [0.25, 0.3) is 0 Å². The summed E-state index contributed by atoms with van der Waals surface area (Å²) in [5.41, 5.74) is 4.72. The van der Waals surface area contributed by atoms with E-state index in [2.05, 4.69) is 32.4 Å². The van der Waals surface area contributed by atoms with Gasteiger partial charge in [0.2, 0.25) is 0 Å². The van der Waals surface area contributed by atoms with Gasteiger partial charge in [-0.1, -0.05) is 40.0 Å². The highest BCUT2D eigenvalue weighted by molar-refractivity contribution is 9.10. The summed E-state index contributed by atoms with van der Waals surface area (Å²) in [5.74, 6) is 3.14.